The normalized spacial score (nSPS) is 20.0. The number of thiophene rings is 1. The maximum absolute atomic E-state index is 12.7. The van der Waals surface area contributed by atoms with Gasteiger partial charge in [0.1, 0.15) is 11.2 Å². The molecule has 9 nitrogen and oxygen atoms in total. The summed E-state index contributed by atoms with van der Waals surface area (Å²) in [6, 6.07) is 7.28. The number of rotatable bonds is 7. The third-order valence-electron chi connectivity index (χ3n) is 6.19. The third kappa shape index (κ3) is 4.44. The molecule has 2 aromatic heterocycles. The van der Waals surface area contributed by atoms with Crippen molar-refractivity contribution < 1.29 is 29.0 Å². The first-order valence-corrected chi connectivity index (χ1v) is 12.1. The first-order chi connectivity index (χ1) is 16.5. The van der Waals surface area contributed by atoms with E-state index < -0.39 is 23.8 Å². The predicted molar refractivity (Wildman–Crippen MR) is 126 cm³/mol. The number of aromatic nitrogens is 1. The van der Waals surface area contributed by atoms with Gasteiger partial charge in [0.2, 0.25) is 0 Å². The Morgan fingerprint density at radius 2 is 2.03 bits per heavy atom. The number of carbonyl (C=O) groups excluding carboxylic acids is 2. The highest BCUT2D eigenvalue weighted by molar-refractivity contribution is 7.16. The van der Waals surface area contributed by atoms with Gasteiger partial charge >= 0.3 is 5.97 Å². The highest BCUT2D eigenvalue weighted by atomic mass is 32.1. The molecule has 0 bridgehead atoms. The Hall–Kier alpha value is -3.21. The molecule has 2 aliphatic heterocycles. The zero-order valence-corrected chi connectivity index (χ0v) is 19.2. The molecule has 2 atom stereocenters. The van der Waals surface area contributed by atoms with E-state index in [1.807, 2.05) is 18.2 Å². The number of carbonyl (C=O) groups is 3. The van der Waals surface area contributed by atoms with Crippen LogP contribution >= 0.6 is 11.3 Å². The van der Waals surface area contributed by atoms with Crippen molar-refractivity contribution in [3.8, 4) is 0 Å². The molecule has 0 saturated carbocycles. The SMILES string of the molecule is O=C(NCC1Cc2c(sc(NC3CCCCO3)c2C(=O)O)CO1)C(=O)c1c[nH]c2ccccc12. The molecule has 0 spiro atoms. The number of amides is 1. The fourth-order valence-corrected chi connectivity index (χ4v) is 5.64. The Morgan fingerprint density at radius 3 is 2.82 bits per heavy atom. The van der Waals surface area contributed by atoms with Gasteiger partial charge in [0.25, 0.3) is 11.7 Å². The number of anilines is 1. The van der Waals surface area contributed by atoms with Crippen LogP contribution in [0.2, 0.25) is 0 Å². The average Bonchev–Trinajstić information content (AvgIpc) is 3.43. The van der Waals surface area contributed by atoms with Gasteiger partial charge in [-0.3, -0.25) is 9.59 Å². The molecule has 10 heteroatoms. The van der Waals surface area contributed by atoms with Crippen molar-refractivity contribution in [1.29, 1.82) is 0 Å². The summed E-state index contributed by atoms with van der Waals surface area (Å²) in [6.45, 7) is 1.02. The highest BCUT2D eigenvalue weighted by Gasteiger charge is 2.31. The van der Waals surface area contributed by atoms with Crippen molar-refractivity contribution in [2.45, 2.75) is 44.6 Å². The van der Waals surface area contributed by atoms with Crippen molar-refractivity contribution in [2.24, 2.45) is 0 Å². The summed E-state index contributed by atoms with van der Waals surface area (Å²) in [5, 5.41) is 17.0. The minimum absolute atomic E-state index is 0.107. The zero-order valence-electron chi connectivity index (χ0n) is 18.4. The summed E-state index contributed by atoms with van der Waals surface area (Å²) in [5.41, 5.74) is 2.04. The quantitative estimate of drug-likeness (QED) is 0.300. The minimum Gasteiger partial charge on any atom is -0.478 e. The lowest BCUT2D eigenvalue weighted by atomic mass is 10.0. The summed E-state index contributed by atoms with van der Waals surface area (Å²) in [4.78, 5) is 41.1. The summed E-state index contributed by atoms with van der Waals surface area (Å²) < 4.78 is 11.6. The molecular formula is C24H25N3O6S. The summed E-state index contributed by atoms with van der Waals surface area (Å²) in [7, 11) is 0. The van der Waals surface area contributed by atoms with E-state index in [0.717, 1.165) is 29.7 Å². The Balaban J connectivity index is 1.25. The van der Waals surface area contributed by atoms with Crippen molar-refractivity contribution in [3.05, 3.63) is 52.0 Å². The number of H-pyrrole nitrogens is 1. The van der Waals surface area contributed by atoms with Crippen LogP contribution in [-0.2, 0) is 27.3 Å². The maximum atomic E-state index is 12.7. The van der Waals surface area contributed by atoms with Gasteiger partial charge in [-0.2, -0.15) is 0 Å². The zero-order chi connectivity index (χ0) is 23.7. The molecule has 1 fully saturated rings. The number of fused-ring (bicyclic) bond motifs is 2. The lowest BCUT2D eigenvalue weighted by Crippen LogP contribution is -2.39. The molecule has 2 unspecified atom stereocenters. The van der Waals surface area contributed by atoms with E-state index in [2.05, 4.69) is 15.6 Å². The van der Waals surface area contributed by atoms with E-state index in [1.54, 1.807) is 6.07 Å². The van der Waals surface area contributed by atoms with Crippen LogP contribution in [0, 0.1) is 0 Å². The van der Waals surface area contributed by atoms with Crippen LogP contribution in [0.3, 0.4) is 0 Å². The number of ether oxygens (including phenoxy) is 2. The van der Waals surface area contributed by atoms with Crippen molar-refractivity contribution in [3.63, 3.8) is 0 Å². The van der Waals surface area contributed by atoms with Gasteiger partial charge in [0, 0.05) is 41.5 Å². The third-order valence-corrected chi connectivity index (χ3v) is 7.33. The number of aromatic carboxylic acids is 1. The van der Waals surface area contributed by atoms with Crippen LogP contribution < -0.4 is 10.6 Å². The van der Waals surface area contributed by atoms with Gasteiger partial charge in [-0.25, -0.2) is 4.79 Å². The van der Waals surface area contributed by atoms with Gasteiger partial charge in [-0.15, -0.1) is 11.3 Å². The molecule has 0 radical (unpaired) electrons. The summed E-state index contributed by atoms with van der Waals surface area (Å²) in [6.07, 6.45) is 4.12. The Labute approximate surface area is 199 Å². The van der Waals surface area contributed by atoms with Gasteiger partial charge in [-0.05, 0) is 30.9 Å². The molecule has 4 N–H and O–H groups in total. The number of nitrogens with one attached hydrogen (secondary N) is 3. The first kappa shape index (κ1) is 22.6. The molecular weight excluding hydrogens is 458 g/mol. The average molecular weight is 484 g/mol. The van der Waals surface area contributed by atoms with E-state index in [4.69, 9.17) is 9.47 Å². The van der Waals surface area contributed by atoms with E-state index in [-0.39, 0.29) is 24.9 Å². The molecule has 1 amide bonds. The van der Waals surface area contributed by atoms with Crippen LogP contribution in [0.5, 0.6) is 0 Å². The second kappa shape index (κ2) is 9.57. The van der Waals surface area contributed by atoms with Gasteiger partial charge in [-0.1, -0.05) is 18.2 Å². The molecule has 1 saturated heterocycles. The minimum atomic E-state index is -1.00. The number of carboxylic acids is 1. The van der Waals surface area contributed by atoms with Crippen molar-refractivity contribution in [2.75, 3.05) is 18.5 Å². The number of hydrogen-bond donors (Lipinski definition) is 4. The second-order valence-corrected chi connectivity index (χ2v) is 9.54. The number of hydrogen-bond acceptors (Lipinski definition) is 7. The Morgan fingerprint density at radius 1 is 1.18 bits per heavy atom. The van der Waals surface area contributed by atoms with Gasteiger partial charge in [0.15, 0.2) is 0 Å². The topological polar surface area (TPSA) is 130 Å². The first-order valence-electron chi connectivity index (χ1n) is 11.3. The number of carboxylic acid groups (broad SMARTS) is 1. The standard InChI is InChI=1S/C24H25N3O6S/c28-21(16-11-25-17-6-2-1-5-14(16)17)22(29)26-10-13-9-15-18(12-33-13)34-23(20(15)24(30)31)27-19-7-3-4-8-32-19/h1-2,5-6,11,13,19,25,27H,3-4,7-10,12H2,(H,26,29)(H,30,31). The van der Waals surface area contributed by atoms with Gasteiger partial charge in [0.05, 0.1) is 23.8 Å². The molecule has 0 aliphatic carbocycles. The van der Waals surface area contributed by atoms with Gasteiger partial charge < -0.3 is 30.2 Å². The molecule has 2 aliphatic rings. The fourth-order valence-electron chi connectivity index (χ4n) is 4.45. The molecule has 5 rings (SSSR count). The number of para-hydroxylation sites is 1. The van der Waals surface area contributed by atoms with E-state index in [1.165, 1.54) is 17.5 Å². The maximum Gasteiger partial charge on any atom is 0.338 e. The highest BCUT2D eigenvalue weighted by Crippen LogP contribution is 2.38. The predicted octanol–water partition coefficient (Wildman–Crippen LogP) is 3.31. The molecule has 1 aromatic carbocycles. The molecule has 34 heavy (non-hydrogen) atoms. The van der Waals surface area contributed by atoms with Crippen LogP contribution in [0.1, 0.15) is 50.4 Å². The molecule has 4 heterocycles. The number of benzene rings is 1. The molecule has 3 aromatic rings. The van der Waals surface area contributed by atoms with E-state index in [0.29, 0.717) is 34.5 Å². The Bertz CT molecular complexity index is 1240. The fraction of sp³-hybridized carbons (Fsp3) is 0.375. The Kier molecular flexibility index (Phi) is 6.36. The number of Topliss-reactive ketones (excluding diaryl/α,β-unsaturated/α-hetero) is 1. The van der Waals surface area contributed by atoms with E-state index >= 15 is 0 Å². The van der Waals surface area contributed by atoms with Crippen molar-refractivity contribution in [1.82, 2.24) is 10.3 Å². The van der Waals surface area contributed by atoms with Crippen LogP contribution in [0.25, 0.3) is 10.9 Å². The van der Waals surface area contributed by atoms with Crippen LogP contribution in [0.15, 0.2) is 30.5 Å². The lowest BCUT2D eigenvalue weighted by Gasteiger charge is -2.24. The largest absolute Gasteiger partial charge is 0.478 e. The van der Waals surface area contributed by atoms with Crippen molar-refractivity contribution >= 4 is 44.9 Å². The summed E-state index contributed by atoms with van der Waals surface area (Å²) in [5.74, 6) is -2.36. The smallest absolute Gasteiger partial charge is 0.338 e. The summed E-state index contributed by atoms with van der Waals surface area (Å²) >= 11 is 1.37. The number of aromatic amines is 1. The lowest BCUT2D eigenvalue weighted by molar-refractivity contribution is -0.117. The monoisotopic (exact) mass is 483 g/mol. The second-order valence-electron chi connectivity index (χ2n) is 8.44. The van der Waals surface area contributed by atoms with Crippen LogP contribution in [-0.4, -0.2) is 53.2 Å². The van der Waals surface area contributed by atoms with E-state index in [9.17, 15) is 19.5 Å². The van der Waals surface area contributed by atoms with Crippen LogP contribution in [0.4, 0.5) is 5.00 Å². The molecule has 178 valence electrons. The number of ketones is 1.